The summed E-state index contributed by atoms with van der Waals surface area (Å²) in [4.78, 5) is 0. The molecule has 4 aliphatic rings. The van der Waals surface area contributed by atoms with Gasteiger partial charge in [0, 0.05) is 25.7 Å². The molecule has 4 aliphatic heterocycles. The number of aliphatic hydroxyl groups is 4. The standard InChI is InChI=1S/2C10H16O4/c2*1-2-9(11)10(12,3-7-5-13-7)4-8-6-14-8/h2*2,7-8,11-12H,3-6H2,1H3. The van der Waals surface area contributed by atoms with Gasteiger partial charge in [0.05, 0.1) is 50.8 Å². The van der Waals surface area contributed by atoms with Crippen LogP contribution in [0.2, 0.25) is 0 Å². The van der Waals surface area contributed by atoms with Gasteiger partial charge < -0.3 is 39.4 Å². The summed E-state index contributed by atoms with van der Waals surface area (Å²) in [6.45, 7) is 6.16. The predicted molar refractivity (Wildman–Crippen MR) is 100 cm³/mol. The number of aliphatic hydroxyl groups excluding tert-OH is 2. The van der Waals surface area contributed by atoms with Crippen LogP contribution in [-0.4, -0.2) is 82.5 Å². The summed E-state index contributed by atoms with van der Waals surface area (Å²) in [5.41, 5.74) is -2.31. The van der Waals surface area contributed by atoms with Crippen molar-refractivity contribution in [2.24, 2.45) is 0 Å². The van der Waals surface area contributed by atoms with Crippen molar-refractivity contribution in [1.29, 1.82) is 0 Å². The van der Waals surface area contributed by atoms with Gasteiger partial charge in [0.25, 0.3) is 0 Å². The molecule has 4 atom stereocenters. The normalized spacial score (nSPS) is 35.1. The monoisotopic (exact) mass is 400 g/mol. The second-order valence-corrected chi connectivity index (χ2v) is 8.05. The molecule has 0 saturated carbocycles. The van der Waals surface area contributed by atoms with E-state index >= 15 is 0 Å². The molecule has 0 aromatic heterocycles. The van der Waals surface area contributed by atoms with Gasteiger partial charge in [0.15, 0.2) is 0 Å². The molecule has 160 valence electrons. The van der Waals surface area contributed by atoms with E-state index in [1.807, 2.05) is 0 Å². The SMILES string of the molecule is CC=C(O)C(O)(CC1CO1)CC1CO1.CC=C(O)C(O)(CC1CO1)CC1CO1. The molecule has 4 heterocycles. The summed E-state index contributed by atoms with van der Waals surface area (Å²) < 4.78 is 20.2. The summed E-state index contributed by atoms with van der Waals surface area (Å²) >= 11 is 0. The first-order valence-corrected chi connectivity index (χ1v) is 9.90. The van der Waals surface area contributed by atoms with E-state index in [0.717, 1.165) is 0 Å². The fraction of sp³-hybridized carbons (Fsp3) is 0.800. The largest absolute Gasteiger partial charge is 0.510 e. The molecule has 4 rings (SSSR count). The molecule has 0 aromatic rings. The third-order valence-corrected chi connectivity index (χ3v) is 5.37. The Kier molecular flexibility index (Phi) is 6.69. The second kappa shape index (κ2) is 8.69. The van der Waals surface area contributed by atoms with Crippen LogP contribution < -0.4 is 0 Å². The number of epoxide rings is 4. The lowest BCUT2D eigenvalue weighted by Gasteiger charge is -2.26. The maximum absolute atomic E-state index is 10.2. The topological polar surface area (TPSA) is 131 Å². The van der Waals surface area contributed by atoms with Gasteiger partial charge in [-0.15, -0.1) is 0 Å². The van der Waals surface area contributed by atoms with E-state index in [0.29, 0.717) is 52.1 Å². The summed E-state index contributed by atoms with van der Waals surface area (Å²) in [5.74, 6) is 0.0620. The first-order chi connectivity index (χ1) is 13.3. The molecule has 28 heavy (non-hydrogen) atoms. The van der Waals surface area contributed by atoms with Crippen molar-refractivity contribution in [3.63, 3.8) is 0 Å². The third-order valence-electron chi connectivity index (χ3n) is 5.37. The van der Waals surface area contributed by atoms with Crippen LogP contribution in [-0.2, 0) is 18.9 Å². The minimum absolute atomic E-state index is 0.0310. The lowest BCUT2D eigenvalue weighted by molar-refractivity contribution is 0.00687. The predicted octanol–water partition coefficient (Wildman–Crippen LogP) is 1.51. The van der Waals surface area contributed by atoms with Crippen molar-refractivity contribution in [1.82, 2.24) is 0 Å². The Balaban J connectivity index is 0.000000161. The van der Waals surface area contributed by atoms with Crippen LogP contribution in [0.4, 0.5) is 0 Å². The highest BCUT2D eigenvalue weighted by Crippen LogP contribution is 2.35. The van der Waals surface area contributed by atoms with E-state index < -0.39 is 11.2 Å². The number of rotatable bonds is 10. The highest BCUT2D eigenvalue weighted by Gasteiger charge is 2.44. The maximum atomic E-state index is 10.2. The van der Waals surface area contributed by atoms with Crippen molar-refractivity contribution >= 4 is 0 Å². The Morgan fingerprint density at radius 1 is 0.679 bits per heavy atom. The molecule has 4 saturated heterocycles. The van der Waals surface area contributed by atoms with E-state index in [-0.39, 0.29) is 35.9 Å². The van der Waals surface area contributed by atoms with Crippen LogP contribution in [0.15, 0.2) is 23.7 Å². The van der Waals surface area contributed by atoms with Crippen molar-refractivity contribution in [3.05, 3.63) is 23.7 Å². The molecule has 0 bridgehead atoms. The lowest BCUT2D eigenvalue weighted by atomic mass is 9.90. The van der Waals surface area contributed by atoms with Crippen molar-refractivity contribution in [2.45, 2.75) is 75.1 Å². The fourth-order valence-electron chi connectivity index (χ4n) is 3.37. The molecule has 4 unspecified atom stereocenters. The minimum atomic E-state index is -1.16. The Morgan fingerprint density at radius 2 is 0.893 bits per heavy atom. The summed E-state index contributed by atoms with van der Waals surface area (Å²) in [6.07, 6.45) is 5.30. The Morgan fingerprint density at radius 3 is 1.04 bits per heavy atom. The molecule has 0 amide bonds. The third kappa shape index (κ3) is 6.43. The number of allylic oxidation sites excluding steroid dienone is 2. The van der Waals surface area contributed by atoms with Crippen LogP contribution >= 0.6 is 0 Å². The Hall–Kier alpha value is -1.16. The van der Waals surface area contributed by atoms with Gasteiger partial charge >= 0.3 is 0 Å². The first kappa shape index (κ1) is 21.5. The van der Waals surface area contributed by atoms with E-state index in [1.165, 1.54) is 12.2 Å². The molecule has 0 aromatic carbocycles. The molecule has 0 radical (unpaired) electrons. The molecule has 8 nitrogen and oxygen atoms in total. The van der Waals surface area contributed by atoms with Crippen molar-refractivity contribution in [3.8, 4) is 0 Å². The van der Waals surface area contributed by atoms with Crippen molar-refractivity contribution < 1.29 is 39.4 Å². The second-order valence-electron chi connectivity index (χ2n) is 8.05. The van der Waals surface area contributed by atoms with Crippen LogP contribution in [0.1, 0.15) is 39.5 Å². The van der Waals surface area contributed by atoms with Gasteiger partial charge in [-0.1, -0.05) is 0 Å². The summed E-state index contributed by atoms with van der Waals surface area (Å²) in [5, 5.41) is 39.7. The Bertz CT molecular complexity index is 505. The van der Waals surface area contributed by atoms with Gasteiger partial charge in [0.2, 0.25) is 0 Å². The smallest absolute Gasteiger partial charge is 0.126 e. The van der Waals surface area contributed by atoms with E-state index in [4.69, 9.17) is 18.9 Å². The number of ether oxygens (including phenoxy) is 4. The minimum Gasteiger partial charge on any atom is -0.510 e. The highest BCUT2D eigenvalue weighted by atomic mass is 16.6. The van der Waals surface area contributed by atoms with E-state index in [1.54, 1.807) is 13.8 Å². The average Bonchev–Trinajstić information content (AvgIpc) is 3.44. The van der Waals surface area contributed by atoms with E-state index in [9.17, 15) is 20.4 Å². The molecular weight excluding hydrogens is 368 g/mol. The summed E-state index contributed by atoms with van der Waals surface area (Å²) in [7, 11) is 0. The molecule has 4 fully saturated rings. The Labute approximate surface area is 165 Å². The van der Waals surface area contributed by atoms with Gasteiger partial charge in [-0.2, -0.15) is 0 Å². The highest BCUT2D eigenvalue weighted by molar-refractivity contribution is 5.12. The van der Waals surface area contributed by atoms with Crippen LogP contribution in [0.3, 0.4) is 0 Å². The van der Waals surface area contributed by atoms with E-state index in [2.05, 4.69) is 0 Å². The molecule has 0 aliphatic carbocycles. The number of hydrogen-bond donors (Lipinski definition) is 4. The van der Waals surface area contributed by atoms with Gasteiger partial charge in [0.1, 0.15) is 22.7 Å². The van der Waals surface area contributed by atoms with Gasteiger partial charge in [-0.3, -0.25) is 0 Å². The maximum Gasteiger partial charge on any atom is 0.126 e. The molecule has 8 heteroatoms. The average molecular weight is 400 g/mol. The molecule has 4 N–H and O–H groups in total. The number of hydrogen-bond acceptors (Lipinski definition) is 8. The zero-order valence-corrected chi connectivity index (χ0v) is 16.5. The first-order valence-electron chi connectivity index (χ1n) is 9.90. The van der Waals surface area contributed by atoms with Gasteiger partial charge in [-0.25, -0.2) is 0 Å². The van der Waals surface area contributed by atoms with Crippen LogP contribution in [0.5, 0.6) is 0 Å². The van der Waals surface area contributed by atoms with Crippen molar-refractivity contribution in [2.75, 3.05) is 26.4 Å². The zero-order valence-electron chi connectivity index (χ0n) is 16.5. The lowest BCUT2D eigenvalue weighted by Crippen LogP contribution is -2.34. The summed E-state index contributed by atoms with van der Waals surface area (Å²) in [6, 6.07) is 0. The zero-order chi connectivity index (χ0) is 20.4. The van der Waals surface area contributed by atoms with Crippen LogP contribution in [0, 0.1) is 0 Å². The quantitative estimate of drug-likeness (QED) is 0.321. The molecule has 0 spiro atoms. The van der Waals surface area contributed by atoms with Gasteiger partial charge in [-0.05, 0) is 26.0 Å². The van der Waals surface area contributed by atoms with Crippen LogP contribution in [0.25, 0.3) is 0 Å². The fourth-order valence-corrected chi connectivity index (χ4v) is 3.37. The molecular formula is C20H32O8.